The summed E-state index contributed by atoms with van der Waals surface area (Å²) in [5, 5.41) is 5.48. The number of hydrogen-bond donors (Lipinski definition) is 1. The Morgan fingerprint density at radius 3 is 2.62 bits per heavy atom. The van der Waals surface area contributed by atoms with Gasteiger partial charge in [0.05, 0.1) is 30.6 Å². The molecule has 1 fully saturated rings. The van der Waals surface area contributed by atoms with Crippen molar-refractivity contribution >= 4 is 22.5 Å². The molecule has 1 saturated carbocycles. The maximum atomic E-state index is 13.2. The largest absolute Gasteiger partial charge is 0.497 e. The molecule has 1 N–H and O–H groups in total. The summed E-state index contributed by atoms with van der Waals surface area (Å²) in [6.07, 6.45) is 9.17. The van der Waals surface area contributed by atoms with Gasteiger partial charge in [0, 0.05) is 5.56 Å². The van der Waals surface area contributed by atoms with Gasteiger partial charge in [-0.3, -0.25) is 4.79 Å². The zero-order chi connectivity index (χ0) is 25.2. The summed E-state index contributed by atoms with van der Waals surface area (Å²) in [4.78, 5) is 23.4. The molecule has 2 aliphatic carbocycles. The minimum Gasteiger partial charge on any atom is -0.497 e. The maximum absolute atomic E-state index is 13.2. The van der Waals surface area contributed by atoms with Crippen LogP contribution < -0.4 is 10.1 Å². The number of benzene rings is 3. The Morgan fingerprint density at radius 2 is 1.78 bits per heavy atom. The second kappa shape index (κ2) is 10.3. The lowest BCUT2D eigenvalue weighted by molar-refractivity contribution is -0.115. The summed E-state index contributed by atoms with van der Waals surface area (Å²) in [5.74, 6) is 2.06. The Hall–Kier alpha value is -3.73. The first-order valence-corrected chi connectivity index (χ1v) is 13.5. The van der Waals surface area contributed by atoms with Crippen molar-refractivity contribution in [3.05, 3.63) is 83.2 Å². The lowest BCUT2D eigenvalue weighted by atomic mass is 9.85. The normalized spacial score (nSPS) is 15.2. The van der Waals surface area contributed by atoms with Crippen molar-refractivity contribution in [3.8, 4) is 17.0 Å². The molecule has 0 bridgehead atoms. The van der Waals surface area contributed by atoms with Crippen LogP contribution in [0.2, 0.25) is 0 Å². The highest BCUT2D eigenvalue weighted by atomic mass is 16.5. The molecule has 0 unspecified atom stereocenters. The first kappa shape index (κ1) is 23.7. The van der Waals surface area contributed by atoms with Gasteiger partial charge in [-0.2, -0.15) is 0 Å². The number of amides is 1. The Bertz CT molecular complexity index is 1460. The Kier molecular flexibility index (Phi) is 6.60. The van der Waals surface area contributed by atoms with E-state index in [0.717, 1.165) is 58.6 Å². The summed E-state index contributed by atoms with van der Waals surface area (Å²) in [6.45, 7) is 0. The van der Waals surface area contributed by atoms with Crippen LogP contribution in [0.5, 0.6) is 5.75 Å². The fourth-order valence-electron chi connectivity index (χ4n) is 5.90. The number of nitrogens with one attached hydrogen (secondary N) is 1. The maximum Gasteiger partial charge on any atom is 0.229 e. The van der Waals surface area contributed by atoms with Crippen LogP contribution in [0.1, 0.15) is 54.6 Å². The fraction of sp³-hybridized carbons (Fsp3) is 0.344. The number of anilines is 1. The minimum absolute atomic E-state index is 0.0460. The molecular weight excluding hydrogens is 458 g/mol. The molecule has 188 valence electrons. The smallest absolute Gasteiger partial charge is 0.229 e. The van der Waals surface area contributed by atoms with Crippen LogP contribution in [0.4, 0.5) is 5.82 Å². The van der Waals surface area contributed by atoms with Crippen LogP contribution in [0, 0.1) is 5.92 Å². The lowest BCUT2D eigenvalue weighted by Crippen LogP contribution is -2.21. The lowest BCUT2D eigenvalue weighted by Gasteiger charge is -2.25. The third-order valence-electron chi connectivity index (χ3n) is 7.88. The standard InChI is InChI=1S/C32H33N3O2/c1-37-26-14-15-27-25(20-26)13-16-28-31(27)33-29(18-21-7-3-2-4-8-21)32(34-28)35-30(36)19-22-11-12-23-9-5-6-10-24(23)17-22/h5-6,9-12,14-15,17,20-21H,2-4,7-8,13,16,18-19H2,1H3,(H,34,35,36). The second-order valence-corrected chi connectivity index (χ2v) is 10.5. The topological polar surface area (TPSA) is 64.1 Å². The first-order chi connectivity index (χ1) is 18.2. The van der Waals surface area contributed by atoms with Gasteiger partial charge in [0.15, 0.2) is 5.82 Å². The number of nitrogens with zero attached hydrogens (tertiary/aromatic N) is 2. The molecular formula is C32H33N3O2. The molecule has 0 atom stereocenters. The summed E-state index contributed by atoms with van der Waals surface area (Å²) in [6, 6.07) is 20.7. The third kappa shape index (κ3) is 5.08. The van der Waals surface area contributed by atoms with E-state index in [2.05, 4.69) is 41.7 Å². The van der Waals surface area contributed by atoms with Crippen LogP contribution in [0.25, 0.3) is 22.0 Å². The minimum atomic E-state index is -0.0460. The van der Waals surface area contributed by atoms with Crippen LogP contribution in [-0.2, 0) is 30.5 Å². The highest BCUT2D eigenvalue weighted by Gasteiger charge is 2.25. The van der Waals surface area contributed by atoms with E-state index in [0.29, 0.717) is 18.2 Å². The predicted octanol–water partition coefficient (Wildman–Crippen LogP) is 6.71. The van der Waals surface area contributed by atoms with E-state index in [4.69, 9.17) is 14.7 Å². The zero-order valence-corrected chi connectivity index (χ0v) is 21.4. The molecule has 0 aliphatic heterocycles. The molecule has 5 nitrogen and oxygen atoms in total. The number of carbonyl (C=O) groups excluding carboxylic acids is 1. The molecule has 2 aliphatic rings. The molecule has 0 saturated heterocycles. The van der Waals surface area contributed by atoms with Crippen LogP contribution >= 0.6 is 0 Å². The molecule has 0 radical (unpaired) electrons. The number of ether oxygens (including phenoxy) is 1. The summed E-state index contributed by atoms with van der Waals surface area (Å²) < 4.78 is 5.44. The monoisotopic (exact) mass is 491 g/mol. The van der Waals surface area contributed by atoms with Crippen LogP contribution in [0.15, 0.2) is 60.7 Å². The van der Waals surface area contributed by atoms with Gasteiger partial charge < -0.3 is 10.1 Å². The van der Waals surface area contributed by atoms with Gasteiger partial charge in [-0.05, 0) is 65.3 Å². The third-order valence-corrected chi connectivity index (χ3v) is 7.88. The average Bonchev–Trinajstić information content (AvgIpc) is 2.93. The van der Waals surface area contributed by atoms with Gasteiger partial charge in [0.25, 0.3) is 0 Å². The van der Waals surface area contributed by atoms with E-state index >= 15 is 0 Å². The average molecular weight is 492 g/mol. The van der Waals surface area contributed by atoms with Gasteiger partial charge in [0.1, 0.15) is 5.75 Å². The van der Waals surface area contributed by atoms with E-state index in [1.165, 1.54) is 43.1 Å². The number of hydrogen-bond acceptors (Lipinski definition) is 4. The summed E-state index contributed by atoms with van der Waals surface area (Å²) in [5.41, 5.74) is 6.22. The first-order valence-electron chi connectivity index (χ1n) is 13.5. The van der Waals surface area contributed by atoms with Gasteiger partial charge in [-0.25, -0.2) is 9.97 Å². The highest BCUT2D eigenvalue weighted by molar-refractivity contribution is 5.93. The molecule has 1 amide bonds. The van der Waals surface area contributed by atoms with Crippen molar-refractivity contribution in [1.29, 1.82) is 0 Å². The van der Waals surface area contributed by atoms with Gasteiger partial charge in [0.2, 0.25) is 5.91 Å². The van der Waals surface area contributed by atoms with Crippen molar-refractivity contribution in [3.63, 3.8) is 0 Å². The Morgan fingerprint density at radius 1 is 0.946 bits per heavy atom. The summed E-state index contributed by atoms with van der Waals surface area (Å²) >= 11 is 0. The Labute approximate surface area is 218 Å². The number of methoxy groups -OCH3 is 1. The number of aromatic nitrogens is 2. The van der Waals surface area contributed by atoms with Gasteiger partial charge in [-0.15, -0.1) is 0 Å². The molecule has 3 aromatic carbocycles. The fourth-order valence-corrected chi connectivity index (χ4v) is 5.90. The van der Waals surface area contributed by atoms with Crippen molar-refractivity contribution in [1.82, 2.24) is 9.97 Å². The van der Waals surface area contributed by atoms with E-state index in [-0.39, 0.29) is 5.91 Å². The molecule has 0 spiro atoms. The molecule has 6 rings (SSSR count). The van der Waals surface area contributed by atoms with E-state index in [1.54, 1.807) is 7.11 Å². The molecule has 5 heteroatoms. The number of carbonyl (C=O) groups is 1. The van der Waals surface area contributed by atoms with Crippen molar-refractivity contribution in [2.75, 3.05) is 12.4 Å². The Balaban J connectivity index is 1.30. The van der Waals surface area contributed by atoms with Crippen LogP contribution in [0.3, 0.4) is 0 Å². The predicted molar refractivity (Wildman–Crippen MR) is 148 cm³/mol. The number of fused-ring (bicyclic) bond motifs is 4. The van der Waals surface area contributed by atoms with Gasteiger partial charge >= 0.3 is 0 Å². The van der Waals surface area contributed by atoms with Crippen molar-refractivity contribution in [2.24, 2.45) is 5.92 Å². The van der Waals surface area contributed by atoms with Gasteiger partial charge in [-0.1, -0.05) is 74.6 Å². The van der Waals surface area contributed by atoms with E-state index < -0.39 is 0 Å². The quantitative estimate of drug-likeness (QED) is 0.326. The molecule has 1 heterocycles. The molecule has 4 aromatic rings. The molecule has 1 aromatic heterocycles. The van der Waals surface area contributed by atoms with E-state index in [9.17, 15) is 4.79 Å². The summed E-state index contributed by atoms with van der Waals surface area (Å²) in [7, 11) is 1.70. The highest BCUT2D eigenvalue weighted by Crippen LogP contribution is 2.36. The van der Waals surface area contributed by atoms with Crippen LogP contribution in [-0.4, -0.2) is 23.0 Å². The van der Waals surface area contributed by atoms with Crippen molar-refractivity contribution < 1.29 is 9.53 Å². The zero-order valence-electron chi connectivity index (χ0n) is 21.4. The number of rotatable bonds is 6. The SMILES string of the molecule is COc1ccc2c(c1)CCc1nc(NC(=O)Cc3ccc4ccccc4c3)c(CC3CCCCC3)nc1-2. The van der Waals surface area contributed by atoms with E-state index in [1.807, 2.05) is 24.3 Å². The second-order valence-electron chi connectivity index (χ2n) is 10.5. The molecule has 37 heavy (non-hydrogen) atoms. The van der Waals surface area contributed by atoms with Crippen molar-refractivity contribution in [2.45, 2.75) is 57.8 Å². The number of aryl methyl sites for hydroxylation is 2.